The van der Waals surface area contributed by atoms with Gasteiger partial charge in [0.15, 0.2) is 0 Å². The Morgan fingerprint density at radius 3 is 2.48 bits per heavy atom. The largest absolute Gasteiger partial charge is 0.497 e. The monoisotopic (exact) mass is 425 g/mol. The predicted octanol–water partition coefficient (Wildman–Crippen LogP) is 2.46. The summed E-state index contributed by atoms with van der Waals surface area (Å²) in [4.78, 5) is 28.9. The molecule has 3 rings (SSSR count). The van der Waals surface area contributed by atoms with Crippen molar-refractivity contribution in [1.29, 1.82) is 0 Å². The minimum absolute atomic E-state index is 0.0676. The van der Waals surface area contributed by atoms with Gasteiger partial charge >= 0.3 is 0 Å². The second kappa shape index (κ2) is 11.4. The smallest absolute Gasteiger partial charge is 0.248 e. The van der Waals surface area contributed by atoms with E-state index in [1.165, 1.54) is 5.69 Å². The molecule has 1 heterocycles. The fourth-order valence-corrected chi connectivity index (χ4v) is 3.51. The number of carbonyl (C=O) groups is 2. The van der Waals surface area contributed by atoms with Gasteiger partial charge in [0.05, 0.1) is 13.7 Å². The van der Waals surface area contributed by atoms with Crippen LogP contribution in [0.3, 0.4) is 0 Å². The third-order valence-corrected chi connectivity index (χ3v) is 5.40. The van der Waals surface area contributed by atoms with Crippen molar-refractivity contribution in [3.63, 3.8) is 0 Å². The van der Waals surface area contributed by atoms with E-state index in [4.69, 9.17) is 9.47 Å². The van der Waals surface area contributed by atoms with Crippen molar-refractivity contribution >= 4 is 17.5 Å². The van der Waals surface area contributed by atoms with Crippen molar-refractivity contribution in [1.82, 2.24) is 10.2 Å². The molecule has 0 bridgehead atoms. The number of methoxy groups -OCH3 is 1. The first-order valence-corrected chi connectivity index (χ1v) is 10.7. The molecular weight excluding hydrogens is 394 g/mol. The van der Waals surface area contributed by atoms with Crippen LogP contribution >= 0.6 is 0 Å². The first kappa shape index (κ1) is 22.6. The summed E-state index contributed by atoms with van der Waals surface area (Å²) in [5.74, 6) is 0.601. The Hall–Kier alpha value is -3.06. The molecule has 1 fully saturated rings. The van der Waals surface area contributed by atoms with Crippen LogP contribution < -0.4 is 15.0 Å². The maximum Gasteiger partial charge on any atom is 0.248 e. The number of piperazine rings is 1. The summed E-state index contributed by atoms with van der Waals surface area (Å²) in [6.07, 6.45) is -0.310. The molecule has 1 aliphatic rings. The SMILES string of the molecule is COc1cccc(COC(C)C(=O)NCCC(=O)N2CCN(c3ccccc3)CC2)c1. The first-order chi connectivity index (χ1) is 15.1. The summed E-state index contributed by atoms with van der Waals surface area (Å²) in [6.45, 7) is 5.36. The van der Waals surface area contributed by atoms with Crippen LogP contribution in [0.25, 0.3) is 0 Å². The average Bonchev–Trinajstić information content (AvgIpc) is 2.83. The molecule has 31 heavy (non-hydrogen) atoms. The Labute approximate surface area is 183 Å². The van der Waals surface area contributed by atoms with Gasteiger partial charge < -0.3 is 24.6 Å². The standard InChI is InChI=1S/C24H31N3O4/c1-19(31-18-20-7-6-10-22(17-20)30-2)24(29)25-12-11-23(28)27-15-13-26(14-16-27)21-8-4-3-5-9-21/h3-10,17,19H,11-16,18H2,1-2H3,(H,25,29). The molecule has 1 aliphatic heterocycles. The quantitative estimate of drug-likeness (QED) is 0.668. The summed E-state index contributed by atoms with van der Waals surface area (Å²) in [7, 11) is 1.61. The summed E-state index contributed by atoms with van der Waals surface area (Å²) in [5, 5.41) is 2.80. The molecule has 1 atom stereocenters. The van der Waals surface area contributed by atoms with Crippen LogP contribution in [0.1, 0.15) is 18.9 Å². The van der Waals surface area contributed by atoms with Crippen LogP contribution in [0.5, 0.6) is 5.75 Å². The van der Waals surface area contributed by atoms with Gasteiger partial charge in [-0.25, -0.2) is 0 Å². The number of rotatable bonds is 9. The fourth-order valence-electron chi connectivity index (χ4n) is 3.51. The van der Waals surface area contributed by atoms with Gasteiger partial charge in [-0.3, -0.25) is 9.59 Å². The number of benzene rings is 2. The molecule has 166 valence electrons. The van der Waals surface area contributed by atoms with Gasteiger partial charge in [-0.2, -0.15) is 0 Å². The molecule has 0 saturated carbocycles. The van der Waals surface area contributed by atoms with E-state index < -0.39 is 6.10 Å². The number of amides is 2. The molecule has 1 saturated heterocycles. The third kappa shape index (κ3) is 6.72. The van der Waals surface area contributed by atoms with Crippen LogP contribution in [0.4, 0.5) is 5.69 Å². The highest BCUT2D eigenvalue weighted by Gasteiger charge is 2.21. The minimum atomic E-state index is -0.601. The number of para-hydroxylation sites is 1. The van der Waals surface area contributed by atoms with Gasteiger partial charge in [0.2, 0.25) is 11.8 Å². The summed E-state index contributed by atoms with van der Waals surface area (Å²) in [6, 6.07) is 17.8. The maximum atomic E-state index is 12.5. The number of carbonyl (C=O) groups excluding carboxylic acids is 2. The van der Waals surface area contributed by atoms with Crippen LogP contribution in [0.2, 0.25) is 0 Å². The van der Waals surface area contributed by atoms with Crippen LogP contribution in [-0.2, 0) is 20.9 Å². The summed E-state index contributed by atoms with van der Waals surface area (Å²) in [5.41, 5.74) is 2.12. The number of hydrogen-bond acceptors (Lipinski definition) is 5. The second-order valence-corrected chi connectivity index (χ2v) is 7.55. The van der Waals surface area contributed by atoms with Gasteiger partial charge in [-0.1, -0.05) is 30.3 Å². The molecule has 0 spiro atoms. The fraction of sp³-hybridized carbons (Fsp3) is 0.417. The minimum Gasteiger partial charge on any atom is -0.497 e. The number of ether oxygens (including phenoxy) is 2. The van der Waals surface area contributed by atoms with Crippen LogP contribution in [-0.4, -0.2) is 62.7 Å². The molecule has 2 aromatic rings. The highest BCUT2D eigenvalue weighted by atomic mass is 16.5. The van der Waals surface area contributed by atoms with Crippen molar-refractivity contribution in [2.75, 3.05) is 44.7 Å². The lowest BCUT2D eigenvalue weighted by atomic mass is 10.2. The third-order valence-electron chi connectivity index (χ3n) is 5.40. The molecular formula is C24H31N3O4. The first-order valence-electron chi connectivity index (χ1n) is 10.7. The molecule has 0 radical (unpaired) electrons. The summed E-state index contributed by atoms with van der Waals surface area (Å²) < 4.78 is 10.8. The zero-order chi connectivity index (χ0) is 22.1. The van der Waals surface area contributed by atoms with Gasteiger partial charge in [0.1, 0.15) is 11.9 Å². The number of hydrogen-bond donors (Lipinski definition) is 1. The van der Waals surface area contributed by atoms with E-state index >= 15 is 0 Å². The average molecular weight is 426 g/mol. The highest BCUT2D eigenvalue weighted by molar-refractivity contribution is 5.81. The topological polar surface area (TPSA) is 71.1 Å². The van der Waals surface area contributed by atoms with Crippen molar-refractivity contribution < 1.29 is 19.1 Å². The molecule has 7 nitrogen and oxygen atoms in total. The molecule has 2 aromatic carbocycles. The van der Waals surface area contributed by atoms with Gasteiger partial charge in [-0.15, -0.1) is 0 Å². The zero-order valence-corrected chi connectivity index (χ0v) is 18.3. The van der Waals surface area contributed by atoms with Crippen LogP contribution in [0.15, 0.2) is 54.6 Å². The molecule has 1 unspecified atom stereocenters. The van der Waals surface area contributed by atoms with Crippen molar-refractivity contribution in [2.24, 2.45) is 0 Å². The van der Waals surface area contributed by atoms with Crippen molar-refractivity contribution in [2.45, 2.75) is 26.1 Å². The predicted molar refractivity (Wildman–Crippen MR) is 120 cm³/mol. The Kier molecular flexibility index (Phi) is 8.29. The van der Waals surface area contributed by atoms with Crippen molar-refractivity contribution in [3.8, 4) is 5.75 Å². The Morgan fingerprint density at radius 2 is 1.77 bits per heavy atom. The van der Waals surface area contributed by atoms with E-state index in [1.54, 1.807) is 14.0 Å². The van der Waals surface area contributed by atoms with Gasteiger partial charge in [0.25, 0.3) is 0 Å². The van der Waals surface area contributed by atoms with E-state index in [0.717, 1.165) is 24.4 Å². The molecule has 0 aromatic heterocycles. The normalized spacial score (nSPS) is 14.8. The zero-order valence-electron chi connectivity index (χ0n) is 18.3. The van der Waals surface area contributed by atoms with Gasteiger partial charge in [-0.05, 0) is 36.8 Å². The lowest BCUT2D eigenvalue weighted by Gasteiger charge is -2.36. The van der Waals surface area contributed by atoms with E-state index in [0.29, 0.717) is 32.7 Å². The number of nitrogens with one attached hydrogen (secondary N) is 1. The lowest BCUT2D eigenvalue weighted by Crippen LogP contribution is -2.49. The van der Waals surface area contributed by atoms with E-state index in [2.05, 4.69) is 22.3 Å². The lowest BCUT2D eigenvalue weighted by molar-refractivity contribution is -0.133. The Balaban J connectivity index is 1.33. The second-order valence-electron chi connectivity index (χ2n) is 7.55. The number of anilines is 1. The van der Waals surface area contributed by atoms with Crippen molar-refractivity contribution in [3.05, 3.63) is 60.2 Å². The Bertz CT molecular complexity index is 851. The molecule has 2 amide bonds. The van der Waals surface area contributed by atoms with E-state index in [-0.39, 0.29) is 11.8 Å². The summed E-state index contributed by atoms with van der Waals surface area (Å²) >= 11 is 0. The molecule has 7 heteroatoms. The number of nitrogens with zero attached hydrogens (tertiary/aromatic N) is 2. The van der Waals surface area contributed by atoms with E-state index in [9.17, 15) is 9.59 Å². The van der Waals surface area contributed by atoms with Gasteiger partial charge in [0, 0.05) is 44.8 Å². The molecule has 1 N–H and O–H groups in total. The van der Waals surface area contributed by atoms with E-state index in [1.807, 2.05) is 47.4 Å². The van der Waals surface area contributed by atoms with Crippen LogP contribution in [0, 0.1) is 0 Å². The Morgan fingerprint density at radius 1 is 1.03 bits per heavy atom. The highest BCUT2D eigenvalue weighted by Crippen LogP contribution is 2.16. The molecule has 0 aliphatic carbocycles. The maximum absolute atomic E-state index is 12.5.